The second-order valence-corrected chi connectivity index (χ2v) is 5.34. The topological polar surface area (TPSA) is 36.9 Å². The van der Waals surface area contributed by atoms with Crippen molar-refractivity contribution < 1.29 is 18.9 Å². The average Bonchev–Trinajstić information content (AvgIpc) is 2.45. The lowest BCUT2D eigenvalue weighted by molar-refractivity contribution is 0.0786. The Bertz CT molecular complexity index is 215. The van der Waals surface area contributed by atoms with E-state index in [0.717, 1.165) is 12.8 Å². The van der Waals surface area contributed by atoms with Gasteiger partial charge in [-0.05, 0) is 12.8 Å². The Balaban J connectivity index is 3.39. The molecule has 2 atom stereocenters. The highest BCUT2D eigenvalue weighted by Gasteiger charge is 2.13. The lowest BCUT2D eigenvalue weighted by Gasteiger charge is -2.18. The SMILES string of the molecule is C=COCCOCCC(S)C(S)CCOCCOC=C. The van der Waals surface area contributed by atoms with Crippen LogP contribution in [-0.4, -0.2) is 50.1 Å². The molecule has 0 aliphatic carbocycles. The van der Waals surface area contributed by atoms with Crippen molar-refractivity contribution in [2.75, 3.05) is 39.6 Å². The van der Waals surface area contributed by atoms with Crippen molar-refractivity contribution in [2.24, 2.45) is 0 Å². The Morgan fingerprint density at radius 1 is 0.700 bits per heavy atom. The molecule has 118 valence electrons. The van der Waals surface area contributed by atoms with Gasteiger partial charge in [0.25, 0.3) is 0 Å². The van der Waals surface area contributed by atoms with Gasteiger partial charge in [-0.25, -0.2) is 0 Å². The van der Waals surface area contributed by atoms with Gasteiger partial charge in [-0.3, -0.25) is 0 Å². The van der Waals surface area contributed by atoms with Crippen LogP contribution in [0, 0.1) is 0 Å². The quantitative estimate of drug-likeness (QED) is 0.276. The molecule has 0 aliphatic rings. The van der Waals surface area contributed by atoms with Crippen LogP contribution in [0.5, 0.6) is 0 Å². The second kappa shape index (κ2) is 15.1. The summed E-state index contributed by atoms with van der Waals surface area (Å²) in [6, 6.07) is 0. The molecule has 0 aromatic heterocycles. The molecule has 20 heavy (non-hydrogen) atoms. The molecule has 0 aliphatic heterocycles. The van der Waals surface area contributed by atoms with Crippen LogP contribution in [-0.2, 0) is 18.9 Å². The second-order valence-electron chi connectivity index (χ2n) is 4.01. The van der Waals surface area contributed by atoms with Crippen molar-refractivity contribution >= 4 is 25.3 Å². The molecule has 0 bridgehead atoms. The van der Waals surface area contributed by atoms with Crippen molar-refractivity contribution in [1.29, 1.82) is 0 Å². The molecule has 6 heteroatoms. The molecule has 0 spiro atoms. The molecule has 0 N–H and O–H groups in total. The van der Waals surface area contributed by atoms with Crippen molar-refractivity contribution in [2.45, 2.75) is 23.3 Å². The van der Waals surface area contributed by atoms with Crippen LogP contribution in [0.25, 0.3) is 0 Å². The number of hydrogen-bond donors (Lipinski definition) is 2. The van der Waals surface area contributed by atoms with E-state index in [1.54, 1.807) is 0 Å². The van der Waals surface area contributed by atoms with Crippen molar-refractivity contribution in [3.8, 4) is 0 Å². The summed E-state index contributed by atoms with van der Waals surface area (Å²) in [5.41, 5.74) is 0. The molecule has 0 aromatic carbocycles. The normalized spacial score (nSPS) is 13.5. The Morgan fingerprint density at radius 2 is 1.10 bits per heavy atom. The van der Waals surface area contributed by atoms with Gasteiger partial charge >= 0.3 is 0 Å². The van der Waals surface area contributed by atoms with Gasteiger partial charge in [0.15, 0.2) is 0 Å². The third kappa shape index (κ3) is 12.7. The minimum atomic E-state index is 0.187. The molecule has 0 rings (SSSR count). The Morgan fingerprint density at radius 3 is 1.45 bits per heavy atom. The first-order chi connectivity index (χ1) is 9.72. The number of rotatable bonds is 15. The summed E-state index contributed by atoms with van der Waals surface area (Å²) in [7, 11) is 0. The Kier molecular flexibility index (Phi) is 14.9. The van der Waals surface area contributed by atoms with Gasteiger partial charge in [0.2, 0.25) is 0 Å². The van der Waals surface area contributed by atoms with Crippen LogP contribution in [0.15, 0.2) is 25.7 Å². The van der Waals surface area contributed by atoms with Crippen molar-refractivity contribution in [3.05, 3.63) is 25.7 Å². The first-order valence-corrected chi connectivity index (χ1v) is 7.72. The summed E-state index contributed by atoms with van der Waals surface area (Å²) >= 11 is 9.06. The molecule has 0 saturated carbocycles. The lowest BCUT2D eigenvalue weighted by Crippen LogP contribution is -2.20. The highest BCUT2D eigenvalue weighted by atomic mass is 32.1. The van der Waals surface area contributed by atoms with Crippen LogP contribution in [0.4, 0.5) is 0 Å². The highest BCUT2D eigenvalue weighted by Crippen LogP contribution is 2.16. The fourth-order valence-electron chi connectivity index (χ4n) is 1.38. The standard InChI is InChI=1S/C14H26O4S2/c1-3-15-9-11-17-7-5-13(19)14(20)6-8-18-12-10-16-4-2/h3-4,13-14,19-20H,1-2,5-12H2. The zero-order valence-corrected chi connectivity index (χ0v) is 13.7. The maximum Gasteiger partial charge on any atom is 0.111 e. The fourth-order valence-corrected chi connectivity index (χ4v) is 1.89. The fraction of sp³-hybridized carbons (Fsp3) is 0.714. The van der Waals surface area contributed by atoms with E-state index >= 15 is 0 Å². The average molecular weight is 322 g/mol. The summed E-state index contributed by atoms with van der Waals surface area (Å²) < 4.78 is 20.7. The van der Waals surface area contributed by atoms with Gasteiger partial charge in [0.05, 0.1) is 25.7 Å². The minimum Gasteiger partial charge on any atom is -0.499 e. The van der Waals surface area contributed by atoms with E-state index in [0.29, 0.717) is 39.6 Å². The molecule has 0 saturated heterocycles. The minimum absolute atomic E-state index is 0.187. The molecule has 0 radical (unpaired) electrons. The number of thiol groups is 2. The molecular formula is C14H26O4S2. The zero-order valence-electron chi connectivity index (χ0n) is 11.9. The molecule has 4 nitrogen and oxygen atoms in total. The molecule has 0 heterocycles. The largest absolute Gasteiger partial charge is 0.499 e. The van der Waals surface area contributed by atoms with Gasteiger partial charge in [-0.15, -0.1) is 0 Å². The van der Waals surface area contributed by atoms with Gasteiger partial charge < -0.3 is 18.9 Å². The van der Waals surface area contributed by atoms with E-state index in [-0.39, 0.29) is 10.5 Å². The summed E-state index contributed by atoms with van der Waals surface area (Å²) in [6.45, 7) is 10.4. The zero-order chi connectivity index (χ0) is 15.1. The summed E-state index contributed by atoms with van der Waals surface area (Å²) in [6.07, 6.45) is 4.53. The van der Waals surface area contributed by atoms with Gasteiger partial charge in [-0.2, -0.15) is 25.3 Å². The van der Waals surface area contributed by atoms with E-state index in [1.165, 1.54) is 12.5 Å². The smallest absolute Gasteiger partial charge is 0.111 e. The Labute approximate surface area is 133 Å². The van der Waals surface area contributed by atoms with Gasteiger partial charge in [0.1, 0.15) is 13.2 Å². The van der Waals surface area contributed by atoms with Crippen LogP contribution < -0.4 is 0 Å². The number of ether oxygens (including phenoxy) is 4. The molecular weight excluding hydrogens is 296 g/mol. The van der Waals surface area contributed by atoms with Crippen LogP contribution in [0.2, 0.25) is 0 Å². The molecule has 0 fully saturated rings. The third-order valence-corrected chi connectivity index (χ3v) is 3.96. The first kappa shape index (κ1) is 19.7. The molecule has 0 aromatic rings. The highest BCUT2D eigenvalue weighted by molar-refractivity contribution is 7.85. The summed E-state index contributed by atoms with van der Waals surface area (Å²) in [5.74, 6) is 0. The van der Waals surface area contributed by atoms with E-state index < -0.39 is 0 Å². The third-order valence-electron chi connectivity index (χ3n) is 2.49. The van der Waals surface area contributed by atoms with Crippen LogP contribution >= 0.6 is 25.3 Å². The summed E-state index contributed by atoms with van der Waals surface area (Å²) in [5, 5.41) is 0.373. The first-order valence-electron chi connectivity index (χ1n) is 6.69. The predicted molar refractivity (Wildman–Crippen MR) is 88.7 cm³/mol. The predicted octanol–water partition coefficient (Wildman–Crippen LogP) is 2.72. The lowest BCUT2D eigenvalue weighted by atomic mass is 10.2. The van der Waals surface area contributed by atoms with Crippen molar-refractivity contribution in [3.63, 3.8) is 0 Å². The van der Waals surface area contributed by atoms with Crippen LogP contribution in [0.1, 0.15) is 12.8 Å². The summed E-state index contributed by atoms with van der Waals surface area (Å²) in [4.78, 5) is 0. The maximum absolute atomic E-state index is 5.41. The molecule has 2 unspecified atom stereocenters. The van der Waals surface area contributed by atoms with E-state index in [1.807, 2.05) is 0 Å². The molecule has 0 amide bonds. The van der Waals surface area contributed by atoms with Gasteiger partial charge in [0, 0.05) is 23.7 Å². The van der Waals surface area contributed by atoms with Crippen molar-refractivity contribution in [1.82, 2.24) is 0 Å². The van der Waals surface area contributed by atoms with Crippen LogP contribution in [0.3, 0.4) is 0 Å². The van der Waals surface area contributed by atoms with E-state index in [4.69, 9.17) is 18.9 Å². The van der Waals surface area contributed by atoms with E-state index in [9.17, 15) is 0 Å². The van der Waals surface area contributed by atoms with Gasteiger partial charge in [-0.1, -0.05) is 13.2 Å². The Hall–Kier alpha value is -0.300. The maximum atomic E-state index is 5.41. The monoisotopic (exact) mass is 322 g/mol. The number of hydrogen-bond acceptors (Lipinski definition) is 6. The van der Waals surface area contributed by atoms with E-state index in [2.05, 4.69) is 38.4 Å².